The highest BCUT2D eigenvalue weighted by Gasteiger charge is 2.83. The van der Waals surface area contributed by atoms with Gasteiger partial charge in [0.25, 0.3) is 0 Å². The van der Waals surface area contributed by atoms with E-state index in [1.807, 2.05) is 0 Å². The van der Waals surface area contributed by atoms with E-state index in [4.69, 9.17) is 0 Å². The highest BCUT2D eigenvalue weighted by atomic mass is 31.2. The van der Waals surface area contributed by atoms with E-state index in [0.29, 0.717) is 5.41 Å². The fourth-order valence-corrected chi connectivity index (χ4v) is 18.5. The van der Waals surface area contributed by atoms with Gasteiger partial charge < -0.3 is 0 Å². The number of benzene rings is 8. The Morgan fingerprint density at radius 1 is 0.471 bits per heavy atom. The predicted octanol–water partition coefficient (Wildman–Crippen LogP) is 12.7. The maximum absolute atomic E-state index is 4.39. The van der Waals surface area contributed by atoms with E-state index < -0.39 is 6.89 Å². The van der Waals surface area contributed by atoms with Crippen LogP contribution in [0.3, 0.4) is 0 Å². The number of rotatable bonds is 10. The molecule has 0 aromatic heterocycles. The van der Waals surface area contributed by atoms with Crippen LogP contribution >= 0.6 is 6.89 Å². The first kappa shape index (κ1) is 43.2. The first-order valence-corrected chi connectivity index (χ1v) is 26.9. The van der Waals surface area contributed by atoms with Crippen LogP contribution in [-0.2, 0) is 10.8 Å². The Bertz CT molecular complexity index is 3210. The summed E-state index contributed by atoms with van der Waals surface area (Å²) in [6.45, 7) is 16.0. The molecule has 5 atom stereocenters. The lowest BCUT2D eigenvalue weighted by Crippen LogP contribution is -2.55. The maximum Gasteiger partial charge on any atom is 0.242 e. The summed E-state index contributed by atoms with van der Waals surface area (Å²) in [5, 5.41) is 3.96. The van der Waals surface area contributed by atoms with Gasteiger partial charge in [0.2, 0.25) is 6.71 Å². The minimum Gasteiger partial charge on any atom is -0.121 e. The van der Waals surface area contributed by atoms with Crippen molar-refractivity contribution in [2.45, 2.75) is 84.5 Å². The number of hydrogen-bond acceptors (Lipinski definition) is 0. The van der Waals surface area contributed by atoms with Crippen molar-refractivity contribution >= 4 is 51.4 Å². The monoisotopic (exact) mass is 896 g/mol. The van der Waals surface area contributed by atoms with Gasteiger partial charge in [-0.1, -0.05) is 232 Å². The second-order valence-electron chi connectivity index (χ2n) is 21.7. The number of fused-ring (bicyclic) bond motifs is 1. The Morgan fingerprint density at radius 2 is 0.971 bits per heavy atom. The number of aryl methyl sites for hydroxylation is 6. The fourth-order valence-electron chi connectivity index (χ4n) is 15.3. The molecule has 2 heteroatoms. The second-order valence-corrected chi connectivity index (χ2v) is 24.9. The average molecular weight is 897 g/mol. The van der Waals surface area contributed by atoms with Crippen molar-refractivity contribution in [3.05, 3.63) is 233 Å². The summed E-state index contributed by atoms with van der Waals surface area (Å²) in [6, 6.07) is 69.9. The molecule has 0 amide bonds. The van der Waals surface area contributed by atoms with Crippen LogP contribution in [0, 0.1) is 58.8 Å². The van der Waals surface area contributed by atoms with Crippen molar-refractivity contribution in [3.8, 4) is 22.3 Å². The van der Waals surface area contributed by atoms with Crippen molar-refractivity contribution in [2.24, 2.45) is 17.3 Å². The van der Waals surface area contributed by atoms with Gasteiger partial charge in [-0.2, -0.15) is 0 Å². The van der Waals surface area contributed by atoms with Gasteiger partial charge >= 0.3 is 0 Å². The Hall–Kier alpha value is -6.10. The summed E-state index contributed by atoms with van der Waals surface area (Å²) in [7, 11) is 0. The summed E-state index contributed by atoms with van der Waals surface area (Å²) in [5.74, 6) is 1.72. The third kappa shape index (κ3) is 6.49. The van der Waals surface area contributed by atoms with Crippen LogP contribution in [0.25, 0.3) is 22.3 Å². The SMILES string of the molecule is C=C=P(c1ccccc1)(c1ccccc1)c1ccc(C23CC4C[C@]5(CC5(c5ccc(-c6cccc(-c7cccc(B(c8c(C)cc(C)cc8C)c8c(C)cc(C)cc8C)c7)c6)cc5)C2)C4C3)cc1. The zero-order chi connectivity index (χ0) is 46.6. The normalized spacial score (nSPS) is 23.0. The molecule has 4 unspecified atom stereocenters. The molecule has 8 aromatic carbocycles. The molecule has 334 valence electrons. The Kier molecular flexibility index (Phi) is 10.2. The lowest BCUT2D eigenvalue weighted by molar-refractivity contribution is 0.0415. The second kappa shape index (κ2) is 16.0. The minimum atomic E-state index is -2.14. The zero-order valence-electron chi connectivity index (χ0n) is 40.7. The third-order valence-corrected chi connectivity index (χ3v) is 21.6. The molecule has 0 aliphatic heterocycles. The van der Waals surface area contributed by atoms with Crippen LogP contribution in [0.4, 0.5) is 0 Å². The standard InChI is InChI=1S/C66H62BP/c1-8-68(58-21-11-9-12-22-58,59-23-13-10-14-24-59)60-31-29-55(30-32-60)64-39-54-40-65(61(54)41-64)43-66(65,42-64)56-27-25-50(26-28-56)51-17-15-18-52(37-51)53-19-16-20-57(38-53)67(62-46(4)33-44(2)34-47(62)5)63-48(6)35-45(3)36-49(63)7/h9-38,54,61H,1,39-43H2,2-7H3/t54?,61?,64?,65-,66?/m0/s1. The van der Waals surface area contributed by atoms with E-state index in [-0.39, 0.29) is 17.5 Å². The topological polar surface area (TPSA) is 0 Å². The Balaban J connectivity index is 0.848. The molecule has 8 aromatic rings. The molecule has 0 nitrogen and oxygen atoms in total. The largest absolute Gasteiger partial charge is 0.242 e. The van der Waals surface area contributed by atoms with Crippen LogP contribution in [-0.4, -0.2) is 12.2 Å². The van der Waals surface area contributed by atoms with Crippen molar-refractivity contribution in [2.75, 3.05) is 0 Å². The predicted molar refractivity (Wildman–Crippen MR) is 295 cm³/mol. The maximum atomic E-state index is 4.39. The van der Waals surface area contributed by atoms with Gasteiger partial charge in [-0.05, 0) is 152 Å². The summed E-state index contributed by atoms with van der Waals surface area (Å²) < 4.78 is 0. The lowest BCUT2D eigenvalue weighted by Gasteiger charge is -2.49. The van der Waals surface area contributed by atoms with Gasteiger partial charge in [-0.15, -0.1) is 5.45 Å². The Morgan fingerprint density at radius 3 is 1.53 bits per heavy atom. The quantitative estimate of drug-likeness (QED) is 0.0948. The van der Waals surface area contributed by atoms with Gasteiger partial charge in [0.15, 0.2) is 0 Å². The first-order valence-electron chi connectivity index (χ1n) is 25.1. The molecule has 12 rings (SSSR count). The minimum absolute atomic E-state index is 0.146. The van der Waals surface area contributed by atoms with Crippen molar-refractivity contribution < 1.29 is 0 Å². The van der Waals surface area contributed by atoms with E-state index in [9.17, 15) is 0 Å². The van der Waals surface area contributed by atoms with E-state index in [1.165, 1.54) is 120 Å². The van der Waals surface area contributed by atoms with Crippen LogP contribution in [0.2, 0.25) is 0 Å². The van der Waals surface area contributed by atoms with Gasteiger partial charge in [0.05, 0.1) is 0 Å². The van der Waals surface area contributed by atoms with E-state index in [1.54, 1.807) is 11.1 Å². The molecule has 68 heavy (non-hydrogen) atoms. The van der Waals surface area contributed by atoms with Crippen LogP contribution in [0.15, 0.2) is 189 Å². The molecule has 0 saturated heterocycles. The van der Waals surface area contributed by atoms with Crippen LogP contribution in [0.5, 0.6) is 0 Å². The van der Waals surface area contributed by atoms with E-state index in [2.05, 4.69) is 236 Å². The average Bonchev–Trinajstić information content (AvgIpc) is 4.00. The molecular weight excluding hydrogens is 835 g/mol. The third-order valence-electron chi connectivity index (χ3n) is 17.9. The van der Waals surface area contributed by atoms with Crippen LogP contribution in [0.1, 0.15) is 76.6 Å². The molecule has 2 bridgehead atoms. The van der Waals surface area contributed by atoms with Gasteiger partial charge in [-0.3, -0.25) is 0 Å². The molecular formula is C66H62BP. The zero-order valence-corrected chi connectivity index (χ0v) is 41.6. The molecule has 0 radical (unpaired) electrons. The summed E-state index contributed by atoms with van der Waals surface area (Å²) in [6.07, 6.45) is 6.74. The van der Waals surface area contributed by atoms with Crippen molar-refractivity contribution in [1.29, 1.82) is 0 Å². The van der Waals surface area contributed by atoms with Gasteiger partial charge in [-0.25, -0.2) is 0 Å². The summed E-state index contributed by atoms with van der Waals surface area (Å²) in [4.78, 5) is 0. The van der Waals surface area contributed by atoms with Crippen molar-refractivity contribution in [1.82, 2.24) is 0 Å². The molecule has 4 saturated carbocycles. The first-order chi connectivity index (χ1) is 33.0. The van der Waals surface area contributed by atoms with E-state index in [0.717, 1.165) is 11.8 Å². The molecule has 4 aliphatic carbocycles. The van der Waals surface area contributed by atoms with Crippen molar-refractivity contribution in [3.63, 3.8) is 0 Å². The molecule has 4 fully saturated rings. The summed E-state index contributed by atoms with van der Waals surface area (Å²) >= 11 is 0. The summed E-state index contributed by atoms with van der Waals surface area (Å²) in [5.41, 5.74) is 25.2. The van der Waals surface area contributed by atoms with Gasteiger partial charge in [0, 0.05) is 12.3 Å². The van der Waals surface area contributed by atoms with E-state index >= 15 is 0 Å². The van der Waals surface area contributed by atoms with Gasteiger partial charge in [0.1, 0.15) is 0 Å². The molecule has 4 aliphatic rings. The smallest absolute Gasteiger partial charge is 0.121 e. The molecule has 0 N–H and O–H groups in total. The fraction of sp³-hybridized carbons (Fsp3) is 0.242. The lowest BCUT2D eigenvalue weighted by atomic mass is 9.34. The highest BCUT2D eigenvalue weighted by Crippen LogP contribution is 2.89. The molecule has 0 heterocycles. The number of hydrogen-bond donors (Lipinski definition) is 0. The van der Waals surface area contributed by atoms with Crippen LogP contribution < -0.4 is 32.3 Å². The highest BCUT2D eigenvalue weighted by molar-refractivity contribution is 7.94. The molecule has 1 spiro atoms. The Labute approximate surface area is 406 Å².